The number of unbranched alkanes of at least 4 members (excludes halogenated alkanes) is 22. The van der Waals surface area contributed by atoms with E-state index in [1.54, 1.807) is 0 Å². The van der Waals surface area contributed by atoms with Gasteiger partial charge < -0.3 is 14.2 Å². The Morgan fingerprint density at radius 3 is 1.17 bits per heavy atom. The van der Waals surface area contributed by atoms with Crippen LogP contribution in [0.5, 0.6) is 0 Å². The minimum absolute atomic E-state index is 0.103. The van der Waals surface area contributed by atoms with Crippen LogP contribution in [0.1, 0.15) is 226 Å². The lowest BCUT2D eigenvalue weighted by atomic mass is 10.1. The number of carbonyl (C=O) groups is 3. The van der Waals surface area contributed by atoms with Crippen molar-refractivity contribution in [3.63, 3.8) is 0 Å². The van der Waals surface area contributed by atoms with Gasteiger partial charge >= 0.3 is 17.9 Å². The number of carbonyl (C=O) groups excluding carboxylic acids is 3. The van der Waals surface area contributed by atoms with E-state index in [0.29, 0.717) is 19.3 Å². The molecule has 0 spiro atoms. The second-order valence-electron chi connectivity index (χ2n) is 16.8. The first kappa shape index (κ1) is 59.3. The minimum Gasteiger partial charge on any atom is -0.462 e. The number of esters is 3. The smallest absolute Gasteiger partial charge is 0.306 e. The van der Waals surface area contributed by atoms with E-state index in [9.17, 15) is 14.4 Å². The van der Waals surface area contributed by atoms with Gasteiger partial charge in [0.1, 0.15) is 13.2 Å². The van der Waals surface area contributed by atoms with Crippen molar-refractivity contribution in [2.24, 2.45) is 0 Å². The standard InChI is InChI=1S/C57H94O6/c1-4-7-10-13-16-19-22-25-28-30-32-35-38-41-44-47-50-56(59)62-53-54(52-61-55(58)49-46-43-40-37-34-31-27-24-21-18-15-12-9-6-3)63-57(60)51-48-45-42-39-36-33-29-26-23-20-17-14-11-8-5-2/h8-9,11-12,14,17-18,20-21,23,26,28-30,33,36,54H,4-7,10,13,15-16,19,22,24-25,27,31-32,34-35,37-53H2,1-3H3/b11-8-,12-9-,17-14-,21-18-,23-20-,29-26-,30-28-,36-33-. The molecule has 0 aliphatic rings. The Bertz CT molecular complexity index is 1280. The number of allylic oxidation sites excluding steroid dienone is 16. The molecule has 1 atom stereocenters. The van der Waals surface area contributed by atoms with E-state index in [2.05, 4.69) is 69.4 Å². The maximum absolute atomic E-state index is 12.8. The molecule has 1 unspecified atom stereocenters. The number of rotatable bonds is 45. The molecule has 0 fully saturated rings. The predicted octanol–water partition coefficient (Wildman–Crippen LogP) is 17.0. The van der Waals surface area contributed by atoms with Crippen LogP contribution in [-0.4, -0.2) is 37.2 Å². The lowest BCUT2D eigenvalue weighted by Crippen LogP contribution is -2.30. The SMILES string of the molecule is CC\C=C/C=C\C=C/C=C\C=C/CCCCCC(=O)OC(COC(=O)CCCCCCC/C=C\CCCCCCCCC)COC(=O)CCCCCCCCC/C=C\C/C=C\CC. The summed E-state index contributed by atoms with van der Waals surface area (Å²) in [5, 5.41) is 0. The van der Waals surface area contributed by atoms with Gasteiger partial charge in [0.05, 0.1) is 0 Å². The van der Waals surface area contributed by atoms with Crippen LogP contribution >= 0.6 is 0 Å². The van der Waals surface area contributed by atoms with Crippen molar-refractivity contribution >= 4 is 17.9 Å². The minimum atomic E-state index is -0.807. The molecule has 0 aromatic carbocycles. The Morgan fingerprint density at radius 1 is 0.349 bits per heavy atom. The van der Waals surface area contributed by atoms with Crippen LogP contribution in [0.15, 0.2) is 97.2 Å². The Hall–Kier alpha value is -3.67. The lowest BCUT2D eigenvalue weighted by Gasteiger charge is -2.18. The maximum Gasteiger partial charge on any atom is 0.306 e. The van der Waals surface area contributed by atoms with Crippen LogP contribution in [0, 0.1) is 0 Å². The van der Waals surface area contributed by atoms with Crippen LogP contribution < -0.4 is 0 Å². The lowest BCUT2D eigenvalue weighted by molar-refractivity contribution is -0.167. The highest BCUT2D eigenvalue weighted by Crippen LogP contribution is 2.14. The van der Waals surface area contributed by atoms with Crippen LogP contribution in [0.3, 0.4) is 0 Å². The molecule has 63 heavy (non-hydrogen) atoms. The van der Waals surface area contributed by atoms with Gasteiger partial charge in [0.15, 0.2) is 6.10 Å². The van der Waals surface area contributed by atoms with Gasteiger partial charge in [0, 0.05) is 19.3 Å². The molecule has 0 saturated carbocycles. The molecule has 358 valence electrons. The first-order valence-corrected chi connectivity index (χ1v) is 25.8. The third kappa shape index (κ3) is 49.2. The van der Waals surface area contributed by atoms with Gasteiger partial charge in [-0.05, 0) is 89.9 Å². The molecule has 0 rings (SSSR count). The number of ether oxygens (including phenoxy) is 3. The van der Waals surface area contributed by atoms with Crippen molar-refractivity contribution < 1.29 is 28.6 Å². The zero-order chi connectivity index (χ0) is 45.8. The van der Waals surface area contributed by atoms with Crippen LogP contribution in [-0.2, 0) is 28.6 Å². The Morgan fingerprint density at radius 2 is 0.698 bits per heavy atom. The molecule has 0 saturated heterocycles. The van der Waals surface area contributed by atoms with Gasteiger partial charge in [0.25, 0.3) is 0 Å². The van der Waals surface area contributed by atoms with Crippen molar-refractivity contribution in [3.05, 3.63) is 97.2 Å². The van der Waals surface area contributed by atoms with E-state index in [1.807, 2.05) is 48.6 Å². The molecule has 0 aliphatic carbocycles. The van der Waals surface area contributed by atoms with Crippen LogP contribution in [0.25, 0.3) is 0 Å². The monoisotopic (exact) mass is 875 g/mol. The Labute approximate surface area is 387 Å². The molecular weight excluding hydrogens is 781 g/mol. The fraction of sp³-hybridized carbons (Fsp3) is 0.667. The topological polar surface area (TPSA) is 78.9 Å². The normalized spacial score (nSPS) is 12.9. The summed E-state index contributed by atoms with van der Waals surface area (Å²) < 4.78 is 16.8. The molecule has 0 bridgehead atoms. The zero-order valence-corrected chi connectivity index (χ0v) is 40.8. The van der Waals surface area contributed by atoms with Crippen molar-refractivity contribution in [1.29, 1.82) is 0 Å². The molecule has 0 aromatic heterocycles. The molecule has 6 nitrogen and oxygen atoms in total. The van der Waals surface area contributed by atoms with Crippen molar-refractivity contribution in [2.45, 2.75) is 232 Å². The van der Waals surface area contributed by atoms with E-state index in [4.69, 9.17) is 14.2 Å². The summed E-state index contributed by atoms with van der Waals surface area (Å²) in [4.78, 5) is 38.0. The van der Waals surface area contributed by atoms with Gasteiger partial charge in [-0.2, -0.15) is 0 Å². The van der Waals surface area contributed by atoms with Gasteiger partial charge in [0.2, 0.25) is 0 Å². The summed E-state index contributed by atoms with van der Waals surface area (Å²) in [5.41, 5.74) is 0. The van der Waals surface area contributed by atoms with Gasteiger partial charge in [-0.15, -0.1) is 0 Å². The fourth-order valence-corrected chi connectivity index (χ4v) is 6.85. The van der Waals surface area contributed by atoms with Gasteiger partial charge in [-0.3, -0.25) is 14.4 Å². The summed E-state index contributed by atoms with van der Waals surface area (Å²) in [7, 11) is 0. The second kappa shape index (κ2) is 51.0. The fourth-order valence-electron chi connectivity index (χ4n) is 6.85. The molecular formula is C57H94O6. The van der Waals surface area contributed by atoms with E-state index in [-0.39, 0.29) is 37.5 Å². The largest absolute Gasteiger partial charge is 0.462 e. The summed E-state index contributed by atoms with van der Waals surface area (Å²) in [5.74, 6) is -0.964. The van der Waals surface area contributed by atoms with Crippen molar-refractivity contribution in [2.75, 3.05) is 13.2 Å². The molecule has 0 aromatic rings. The second-order valence-corrected chi connectivity index (χ2v) is 16.8. The highest BCUT2D eigenvalue weighted by molar-refractivity contribution is 5.71. The first-order valence-electron chi connectivity index (χ1n) is 25.8. The molecule has 0 amide bonds. The summed E-state index contributed by atoms with van der Waals surface area (Å²) in [6.45, 7) is 6.33. The predicted molar refractivity (Wildman–Crippen MR) is 270 cm³/mol. The van der Waals surface area contributed by atoms with Gasteiger partial charge in [-0.25, -0.2) is 0 Å². The maximum atomic E-state index is 12.8. The van der Waals surface area contributed by atoms with E-state index < -0.39 is 6.10 Å². The van der Waals surface area contributed by atoms with Crippen LogP contribution in [0.4, 0.5) is 0 Å². The van der Waals surface area contributed by atoms with Gasteiger partial charge in [-0.1, -0.05) is 214 Å². The number of hydrogen-bond acceptors (Lipinski definition) is 6. The number of hydrogen-bond donors (Lipinski definition) is 0. The highest BCUT2D eigenvalue weighted by atomic mass is 16.6. The van der Waals surface area contributed by atoms with Crippen molar-refractivity contribution in [3.8, 4) is 0 Å². The zero-order valence-electron chi connectivity index (χ0n) is 40.8. The Kier molecular flexibility index (Phi) is 48.0. The van der Waals surface area contributed by atoms with Crippen LogP contribution in [0.2, 0.25) is 0 Å². The summed E-state index contributed by atoms with van der Waals surface area (Å²) in [6.07, 6.45) is 66.7. The van der Waals surface area contributed by atoms with Crippen molar-refractivity contribution in [1.82, 2.24) is 0 Å². The summed E-state index contributed by atoms with van der Waals surface area (Å²) in [6, 6.07) is 0. The quantitative estimate of drug-likeness (QED) is 0.0199. The third-order valence-electron chi connectivity index (χ3n) is 10.7. The molecule has 6 heteroatoms. The van der Waals surface area contributed by atoms with E-state index in [1.165, 1.54) is 83.5 Å². The van der Waals surface area contributed by atoms with E-state index in [0.717, 1.165) is 96.3 Å². The Balaban J connectivity index is 4.49. The molecule has 0 heterocycles. The molecule has 0 radical (unpaired) electrons. The van der Waals surface area contributed by atoms with E-state index >= 15 is 0 Å². The highest BCUT2D eigenvalue weighted by Gasteiger charge is 2.19. The average molecular weight is 875 g/mol. The first-order chi connectivity index (χ1) is 31.0. The average Bonchev–Trinajstić information content (AvgIpc) is 3.28. The molecule has 0 aliphatic heterocycles. The third-order valence-corrected chi connectivity index (χ3v) is 10.7. The summed E-state index contributed by atoms with van der Waals surface area (Å²) >= 11 is 0. The molecule has 0 N–H and O–H groups in total.